The van der Waals surface area contributed by atoms with Crippen LogP contribution in [-0.2, 0) is 11.2 Å². The average Bonchev–Trinajstić information content (AvgIpc) is 3.24. The second kappa shape index (κ2) is 8.31. The maximum absolute atomic E-state index is 12.5. The molecule has 0 saturated heterocycles. The molecular formula is C22H20N4O5. The maximum atomic E-state index is 12.5. The first-order valence-corrected chi connectivity index (χ1v) is 9.45. The van der Waals surface area contributed by atoms with E-state index in [1.807, 2.05) is 12.1 Å². The zero-order chi connectivity index (χ0) is 22.0. The Labute approximate surface area is 177 Å². The largest absolute Gasteiger partial charge is 0.497 e. The Balaban J connectivity index is 1.52. The number of H-pyrrole nitrogens is 1. The van der Waals surface area contributed by atoms with E-state index >= 15 is 0 Å². The van der Waals surface area contributed by atoms with Gasteiger partial charge in [0, 0.05) is 17.0 Å². The van der Waals surface area contributed by atoms with Gasteiger partial charge in [0.2, 0.25) is 11.9 Å². The van der Waals surface area contributed by atoms with Crippen LogP contribution in [0, 0.1) is 6.92 Å². The van der Waals surface area contributed by atoms with E-state index < -0.39 is 11.5 Å². The monoisotopic (exact) mass is 420 g/mol. The summed E-state index contributed by atoms with van der Waals surface area (Å²) in [6, 6.07) is 12.5. The van der Waals surface area contributed by atoms with Gasteiger partial charge in [-0.2, -0.15) is 4.98 Å². The van der Waals surface area contributed by atoms with E-state index in [0.29, 0.717) is 22.7 Å². The van der Waals surface area contributed by atoms with Crippen LogP contribution in [0.5, 0.6) is 11.5 Å². The lowest BCUT2D eigenvalue weighted by Crippen LogP contribution is -2.21. The third kappa shape index (κ3) is 4.11. The van der Waals surface area contributed by atoms with Crippen molar-refractivity contribution in [2.45, 2.75) is 13.3 Å². The Morgan fingerprint density at radius 3 is 2.52 bits per heavy atom. The van der Waals surface area contributed by atoms with Gasteiger partial charge in [-0.3, -0.25) is 15.2 Å². The van der Waals surface area contributed by atoms with Gasteiger partial charge in [0.15, 0.2) is 5.82 Å². The molecule has 0 bridgehead atoms. The van der Waals surface area contributed by atoms with Crippen LogP contribution in [0.1, 0.15) is 11.1 Å². The van der Waals surface area contributed by atoms with Gasteiger partial charge in [0.1, 0.15) is 17.1 Å². The summed E-state index contributed by atoms with van der Waals surface area (Å²) in [6.07, 6.45) is -0.164. The molecule has 0 aliphatic carbocycles. The average molecular weight is 420 g/mol. The molecule has 0 fully saturated rings. The van der Waals surface area contributed by atoms with Crippen LogP contribution in [0.3, 0.4) is 0 Å². The van der Waals surface area contributed by atoms with E-state index in [-0.39, 0.29) is 17.9 Å². The summed E-state index contributed by atoms with van der Waals surface area (Å²) in [5.74, 6) is 1.48. The number of ether oxygens (including phenoxy) is 2. The first-order valence-electron chi connectivity index (χ1n) is 9.45. The third-order valence-electron chi connectivity index (χ3n) is 4.93. The van der Waals surface area contributed by atoms with Gasteiger partial charge in [-0.05, 0) is 48.9 Å². The Kier molecular flexibility index (Phi) is 5.40. The predicted octanol–water partition coefficient (Wildman–Crippen LogP) is 3.08. The summed E-state index contributed by atoms with van der Waals surface area (Å²) in [4.78, 5) is 29.3. The number of benzene rings is 2. The number of rotatable bonds is 6. The minimum absolute atomic E-state index is 0.114. The van der Waals surface area contributed by atoms with E-state index in [4.69, 9.17) is 13.9 Å². The molecular weight excluding hydrogens is 400 g/mol. The van der Waals surface area contributed by atoms with E-state index in [9.17, 15) is 9.59 Å². The summed E-state index contributed by atoms with van der Waals surface area (Å²) >= 11 is 0. The number of amides is 1. The van der Waals surface area contributed by atoms with Crippen LogP contribution in [0.2, 0.25) is 0 Å². The van der Waals surface area contributed by atoms with Gasteiger partial charge >= 0.3 is 5.63 Å². The molecule has 2 N–H and O–H groups in total. The number of anilines is 1. The normalized spacial score (nSPS) is 10.8. The summed E-state index contributed by atoms with van der Waals surface area (Å²) < 4.78 is 15.7. The number of carbonyl (C=O) groups excluding carboxylic acids is 1. The molecule has 9 heteroatoms. The number of nitrogens with one attached hydrogen (secondary N) is 2. The molecule has 1 amide bonds. The van der Waals surface area contributed by atoms with Gasteiger partial charge in [-0.15, -0.1) is 5.10 Å². The number of methoxy groups -OCH3 is 2. The van der Waals surface area contributed by atoms with Gasteiger partial charge in [-0.1, -0.05) is 0 Å². The zero-order valence-electron chi connectivity index (χ0n) is 17.2. The molecule has 0 radical (unpaired) electrons. The second-order valence-corrected chi connectivity index (χ2v) is 6.82. The lowest BCUT2D eigenvalue weighted by Gasteiger charge is -2.08. The van der Waals surface area contributed by atoms with Gasteiger partial charge in [-0.25, -0.2) is 4.79 Å². The molecule has 4 aromatic rings. The molecule has 2 heterocycles. The van der Waals surface area contributed by atoms with Crippen molar-refractivity contribution in [3.63, 3.8) is 0 Å². The van der Waals surface area contributed by atoms with Crippen molar-refractivity contribution < 1.29 is 18.7 Å². The van der Waals surface area contributed by atoms with Crippen molar-refractivity contribution >= 4 is 22.8 Å². The van der Waals surface area contributed by atoms with E-state index in [2.05, 4.69) is 20.5 Å². The van der Waals surface area contributed by atoms with Crippen molar-refractivity contribution in [3.8, 4) is 22.9 Å². The smallest absolute Gasteiger partial charge is 0.340 e. The first kappa shape index (κ1) is 20.1. The Bertz CT molecular complexity index is 1310. The van der Waals surface area contributed by atoms with Crippen molar-refractivity contribution in [1.29, 1.82) is 0 Å². The van der Waals surface area contributed by atoms with Crippen LogP contribution in [0.15, 0.2) is 51.7 Å². The lowest BCUT2D eigenvalue weighted by atomic mass is 10.0. The van der Waals surface area contributed by atoms with Crippen molar-refractivity contribution in [2.75, 3.05) is 19.5 Å². The molecule has 0 atom stereocenters. The molecule has 158 valence electrons. The number of hydrogen-bond donors (Lipinski definition) is 2. The van der Waals surface area contributed by atoms with Gasteiger partial charge < -0.3 is 13.9 Å². The second-order valence-electron chi connectivity index (χ2n) is 6.82. The van der Waals surface area contributed by atoms with E-state index in [1.165, 1.54) is 7.11 Å². The summed E-state index contributed by atoms with van der Waals surface area (Å²) in [7, 11) is 3.12. The third-order valence-corrected chi connectivity index (χ3v) is 4.93. The molecule has 0 saturated carbocycles. The number of aromatic nitrogens is 3. The van der Waals surface area contributed by atoms with Crippen molar-refractivity contribution in [2.24, 2.45) is 0 Å². The van der Waals surface area contributed by atoms with Crippen LogP contribution < -0.4 is 20.4 Å². The molecule has 2 aromatic carbocycles. The van der Waals surface area contributed by atoms with Crippen LogP contribution >= 0.6 is 0 Å². The Hall–Kier alpha value is -4.14. The van der Waals surface area contributed by atoms with Gasteiger partial charge in [0.05, 0.1) is 26.2 Å². The highest BCUT2D eigenvalue weighted by molar-refractivity contribution is 5.92. The molecule has 0 spiro atoms. The summed E-state index contributed by atoms with van der Waals surface area (Å²) in [5, 5.41) is 10.1. The molecule has 9 nitrogen and oxygen atoms in total. The fourth-order valence-electron chi connectivity index (χ4n) is 3.23. The van der Waals surface area contributed by atoms with Crippen LogP contribution in [0.25, 0.3) is 22.4 Å². The predicted molar refractivity (Wildman–Crippen MR) is 114 cm³/mol. The molecule has 31 heavy (non-hydrogen) atoms. The lowest BCUT2D eigenvalue weighted by molar-refractivity contribution is -0.115. The summed E-state index contributed by atoms with van der Waals surface area (Å²) in [5.41, 5.74) is 1.58. The molecule has 4 rings (SSSR count). The highest BCUT2D eigenvalue weighted by Crippen LogP contribution is 2.24. The number of nitrogens with zero attached hydrogens (tertiary/aromatic N) is 2. The first-order chi connectivity index (χ1) is 15.0. The fourth-order valence-corrected chi connectivity index (χ4v) is 3.23. The van der Waals surface area contributed by atoms with E-state index in [0.717, 1.165) is 16.7 Å². The quantitative estimate of drug-likeness (QED) is 0.460. The van der Waals surface area contributed by atoms with Crippen LogP contribution in [0.4, 0.5) is 5.95 Å². The minimum Gasteiger partial charge on any atom is -0.497 e. The molecule has 0 unspecified atom stereocenters. The highest BCUT2D eigenvalue weighted by Gasteiger charge is 2.17. The topological polar surface area (TPSA) is 119 Å². The molecule has 2 aromatic heterocycles. The summed E-state index contributed by atoms with van der Waals surface area (Å²) in [6.45, 7) is 1.78. The van der Waals surface area contributed by atoms with E-state index in [1.54, 1.807) is 44.4 Å². The van der Waals surface area contributed by atoms with Crippen LogP contribution in [-0.4, -0.2) is 35.3 Å². The number of aromatic amines is 1. The zero-order valence-corrected chi connectivity index (χ0v) is 17.2. The number of fused-ring (bicyclic) bond motifs is 1. The Morgan fingerprint density at radius 1 is 1.10 bits per heavy atom. The van der Waals surface area contributed by atoms with Gasteiger partial charge in [0.25, 0.3) is 0 Å². The number of aryl methyl sites for hydroxylation is 1. The minimum atomic E-state index is -0.567. The van der Waals surface area contributed by atoms with Crippen molar-refractivity contribution in [3.05, 3.63) is 64.0 Å². The Morgan fingerprint density at radius 2 is 1.81 bits per heavy atom. The SMILES string of the molecule is COc1ccc(-c2nc(NC(=O)Cc3c(C)c4ccc(OC)cc4oc3=O)n[nH]2)cc1. The molecule has 0 aliphatic heterocycles. The standard InChI is InChI=1S/C22H20N4O5/c1-12-16-9-8-15(30-3)10-18(16)31-21(28)17(12)11-19(27)23-22-24-20(25-26-22)13-4-6-14(29-2)7-5-13/h4-10H,11H2,1-3H3,(H2,23,24,25,26,27). The number of hydrogen-bond acceptors (Lipinski definition) is 7. The number of carbonyl (C=O) groups is 1. The maximum Gasteiger partial charge on any atom is 0.340 e. The van der Waals surface area contributed by atoms with Crippen molar-refractivity contribution in [1.82, 2.24) is 15.2 Å². The molecule has 0 aliphatic rings. The fraction of sp³-hybridized carbons (Fsp3) is 0.182. The highest BCUT2D eigenvalue weighted by atomic mass is 16.5.